The van der Waals surface area contributed by atoms with Gasteiger partial charge in [-0.05, 0) is 23.6 Å². The summed E-state index contributed by atoms with van der Waals surface area (Å²) in [4.78, 5) is 0. The van der Waals surface area contributed by atoms with Gasteiger partial charge in [0.25, 0.3) is 0 Å². The third-order valence-electron chi connectivity index (χ3n) is 0.946. The summed E-state index contributed by atoms with van der Waals surface area (Å²) in [5.41, 5.74) is 0. The molecule has 0 aromatic carbocycles. The maximum atomic E-state index is 5.59. The van der Waals surface area contributed by atoms with Crippen molar-refractivity contribution >= 4 is 105 Å². The first-order valence-electron chi connectivity index (χ1n) is 2.38. The molecule has 0 radical (unpaired) electrons. The van der Waals surface area contributed by atoms with Crippen molar-refractivity contribution in [1.29, 1.82) is 0 Å². The molecule has 0 aliphatic carbocycles. The summed E-state index contributed by atoms with van der Waals surface area (Å²) in [7, 11) is 0. The molecule has 0 rings (SSSR count). The average Bonchev–Trinajstić information content (AvgIpc) is 1.84. The summed E-state index contributed by atoms with van der Waals surface area (Å²) in [6, 6.07) is 0. The molecule has 0 N–H and O–H groups in total. The second-order valence-corrected chi connectivity index (χ2v) is 7.59. The Morgan fingerprint density at radius 3 is 1.08 bits per heavy atom. The number of alkyl halides is 7. The van der Waals surface area contributed by atoms with Crippen LogP contribution in [0.1, 0.15) is 0 Å². The molecule has 0 amide bonds. The predicted octanol–water partition coefficient (Wildman–Crippen LogP) is 5.27. The van der Waals surface area contributed by atoms with Crippen molar-refractivity contribution in [2.75, 3.05) is 0 Å². The SMILES string of the molecule is ClN(Cl)C(Cl)(Cl)C(Cl)(Cl)C(Cl)(Cl)Cl. The molecule has 10 heteroatoms. The van der Waals surface area contributed by atoms with E-state index in [-0.39, 0.29) is 3.94 Å². The van der Waals surface area contributed by atoms with E-state index in [9.17, 15) is 0 Å². The highest BCUT2D eigenvalue weighted by molar-refractivity contribution is 6.79. The van der Waals surface area contributed by atoms with Gasteiger partial charge in [-0.2, -0.15) is 0 Å². The summed E-state index contributed by atoms with van der Waals surface area (Å²) in [6.45, 7) is 0. The molecule has 13 heavy (non-hydrogen) atoms. The van der Waals surface area contributed by atoms with Gasteiger partial charge in [0.2, 0.25) is 12.6 Å². The molecule has 0 saturated carbocycles. The lowest BCUT2D eigenvalue weighted by Gasteiger charge is -2.38. The van der Waals surface area contributed by atoms with Crippen LogP contribution in [0.5, 0.6) is 0 Å². The highest BCUT2D eigenvalue weighted by Crippen LogP contribution is 2.58. The van der Waals surface area contributed by atoms with Crippen LogP contribution in [0.4, 0.5) is 0 Å². The van der Waals surface area contributed by atoms with E-state index < -0.39 is 12.6 Å². The van der Waals surface area contributed by atoms with Crippen LogP contribution >= 0.6 is 105 Å². The smallest absolute Gasteiger partial charge is 0.0919 e. The van der Waals surface area contributed by atoms with Gasteiger partial charge in [0.15, 0.2) is 0 Å². The van der Waals surface area contributed by atoms with Crippen molar-refractivity contribution in [3.63, 3.8) is 0 Å². The summed E-state index contributed by atoms with van der Waals surface area (Å²) in [5.74, 6) is 0. The number of halogens is 9. The Morgan fingerprint density at radius 1 is 0.692 bits per heavy atom. The van der Waals surface area contributed by atoms with E-state index in [4.69, 9.17) is 105 Å². The zero-order chi connectivity index (χ0) is 11.1. The lowest BCUT2D eigenvalue weighted by Crippen LogP contribution is -2.51. The molecule has 0 spiro atoms. The van der Waals surface area contributed by atoms with Gasteiger partial charge in [-0.15, -0.1) is 0 Å². The van der Waals surface area contributed by atoms with Gasteiger partial charge in [0.1, 0.15) is 0 Å². The number of hydrogen-bond donors (Lipinski definition) is 0. The molecule has 0 atom stereocenters. The van der Waals surface area contributed by atoms with E-state index in [2.05, 4.69) is 0 Å². The molecule has 0 bridgehead atoms. The van der Waals surface area contributed by atoms with E-state index in [1.807, 2.05) is 0 Å². The summed E-state index contributed by atoms with van der Waals surface area (Å²) < 4.78 is -6.28. The fourth-order valence-electron chi connectivity index (χ4n) is 0.277. The van der Waals surface area contributed by atoms with Crippen molar-refractivity contribution < 1.29 is 0 Å². The van der Waals surface area contributed by atoms with Crippen LogP contribution in [0, 0.1) is 0 Å². The Morgan fingerprint density at radius 2 is 1.00 bits per heavy atom. The topological polar surface area (TPSA) is 3.24 Å². The van der Waals surface area contributed by atoms with E-state index in [0.29, 0.717) is 0 Å². The highest BCUT2D eigenvalue weighted by Gasteiger charge is 2.62. The highest BCUT2D eigenvalue weighted by atomic mass is 35.6. The van der Waals surface area contributed by atoms with Crippen molar-refractivity contribution in [3.05, 3.63) is 0 Å². The Labute approximate surface area is 120 Å². The second kappa shape index (κ2) is 4.83. The number of hydrogen-bond acceptors (Lipinski definition) is 1. The fraction of sp³-hybridized carbons (Fsp3) is 1.00. The zero-order valence-electron chi connectivity index (χ0n) is 5.35. The van der Waals surface area contributed by atoms with E-state index in [1.165, 1.54) is 0 Å². The van der Waals surface area contributed by atoms with Crippen LogP contribution in [-0.4, -0.2) is 16.5 Å². The van der Waals surface area contributed by atoms with Gasteiger partial charge in [-0.25, -0.2) is 0 Å². The average molecular weight is 369 g/mol. The third-order valence-corrected chi connectivity index (χ3v) is 5.64. The first-order chi connectivity index (χ1) is 5.44. The van der Waals surface area contributed by atoms with Crippen LogP contribution in [0.3, 0.4) is 0 Å². The van der Waals surface area contributed by atoms with Crippen molar-refractivity contribution in [3.8, 4) is 0 Å². The van der Waals surface area contributed by atoms with Gasteiger partial charge in [-0.3, -0.25) is 0 Å². The Balaban J connectivity index is 5.04. The van der Waals surface area contributed by atoms with Gasteiger partial charge < -0.3 is 0 Å². The second-order valence-electron chi connectivity index (χ2n) is 1.85. The standard InChI is InChI=1S/C3Cl9N/c4-1(5,2(6,7)8)3(9,10)13(11)12. The first-order valence-corrected chi connectivity index (χ1v) is 5.71. The van der Waals surface area contributed by atoms with Gasteiger partial charge in [-0.1, -0.05) is 85.1 Å². The van der Waals surface area contributed by atoms with Crippen molar-refractivity contribution in [2.45, 2.75) is 12.6 Å². The molecule has 80 valence electrons. The van der Waals surface area contributed by atoms with Crippen molar-refractivity contribution in [2.24, 2.45) is 0 Å². The molecule has 0 aliphatic rings. The van der Waals surface area contributed by atoms with E-state index in [0.717, 1.165) is 0 Å². The number of nitrogens with zero attached hydrogens (tertiary/aromatic N) is 1. The molecule has 0 unspecified atom stereocenters. The normalized spacial score (nSPS) is 15.2. The third kappa shape index (κ3) is 3.26. The van der Waals surface area contributed by atoms with Crippen LogP contribution in [-0.2, 0) is 0 Å². The molecule has 0 fully saturated rings. The van der Waals surface area contributed by atoms with Crippen LogP contribution < -0.4 is 0 Å². The largest absolute Gasteiger partial charge is 0.235 e. The lowest BCUT2D eigenvalue weighted by atomic mass is 10.4. The molecular weight excluding hydrogens is 369 g/mol. The van der Waals surface area contributed by atoms with Crippen LogP contribution in [0.2, 0.25) is 0 Å². The molecule has 0 aromatic rings. The predicted molar refractivity (Wildman–Crippen MR) is 62.7 cm³/mol. The van der Waals surface area contributed by atoms with Gasteiger partial charge in [0, 0.05) is 0 Å². The fourth-order valence-corrected chi connectivity index (χ4v) is 1.86. The minimum atomic E-state index is -2.21. The maximum absolute atomic E-state index is 5.59. The molecule has 0 aromatic heterocycles. The van der Waals surface area contributed by atoms with E-state index in [1.54, 1.807) is 0 Å². The number of rotatable bonds is 2. The lowest BCUT2D eigenvalue weighted by molar-refractivity contribution is 0.510. The Hall–Kier alpha value is 2.57. The zero-order valence-corrected chi connectivity index (χ0v) is 12.2. The quantitative estimate of drug-likeness (QED) is 0.364. The minimum Gasteiger partial charge on any atom is -0.0919 e. The van der Waals surface area contributed by atoms with E-state index >= 15 is 0 Å². The maximum Gasteiger partial charge on any atom is 0.235 e. The first kappa shape index (κ1) is 15.6. The molecule has 1 nitrogen and oxygen atoms in total. The van der Waals surface area contributed by atoms with Gasteiger partial charge in [0.05, 0.1) is 0 Å². The molecule has 0 heterocycles. The van der Waals surface area contributed by atoms with Crippen LogP contribution in [0.25, 0.3) is 0 Å². The molecular formula is C3Cl9N. The molecule has 0 saturated heterocycles. The summed E-state index contributed by atoms with van der Waals surface area (Å²) in [5, 5.41) is 0. The molecule has 0 aliphatic heterocycles. The Bertz CT molecular complexity index is 180. The van der Waals surface area contributed by atoms with Crippen molar-refractivity contribution in [1.82, 2.24) is 3.94 Å². The monoisotopic (exact) mass is 365 g/mol. The summed E-state index contributed by atoms with van der Waals surface area (Å²) in [6.07, 6.45) is 0. The summed E-state index contributed by atoms with van der Waals surface area (Å²) >= 11 is 49.0. The Kier molecular flexibility index (Phi) is 5.78. The van der Waals surface area contributed by atoms with Gasteiger partial charge >= 0.3 is 0 Å². The minimum absolute atomic E-state index is 0.276. The van der Waals surface area contributed by atoms with Crippen LogP contribution in [0.15, 0.2) is 0 Å².